The smallest absolute Gasteiger partial charge is 0.119 e. The van der Waals surface area contributed by atoms with Crippen LogP contribution in [0.25, 0.3) is 0 Å². The number of phenolic OH excluding ortho intramolecular Hbond substituents is 1. The highest BCUT2D eigenvalue weighted by atomic mass is 35.5. The third-order valence-corrected chi connectivity index (χ3v) is 7.74. The number of ether oxygens (including phenoxy) is 1. The first kappa shape index (κ1) is 24.3. The van der Waals surface area contributed by atoms with E-state index in [2.05, 4.69) is 34.5 Å². The van der Waals surface area contributed by atoms with E-state index in [1.807, 2.05) is 24.3 Å². The van der Waals surface area contributed by atoms with Gasteiger partial charge in [0.25, 0.3) is 0 Å². The Bertz CT molecular complexity index is 1150. The molecule has 0 spiro atoms. The van der Waals surface area contributed by atoms with E-state index in [1.54, 1.807) is 12.1 Å². The van der Waals surface area contributed by atoms with E-state index in [1.165, 1.54) is 36.0 Å². The fourth-order valence-electron chi connectivity index (χ4n) is 5.36. The highest BCUT2D eigenvalue weighted by Crippen LogP contribution is 2.40. The van der Waals surface area contributed by atoms with Crippen LogP contribution in [-0.4, -0.2) is 30.8 Å². The van der Waals surface area contributed by atoms with E-state index in [0.717, 1.165) is 50.4 Å². The van der Waals surface area contributed by atoms with Crippen molar-refractivity contribution in [3.05, 3.63) is 87.4 Å². The molecular formula is C29H32Cl2N2O2. The van der Waals surface area contributed by atoms with Crippen molar-refractivity contribution in [1.82, 2.24) is 5.32 Å². The zero-order valence-electron chi connectivity index (χ0n) is 19.9. The lowest BCUT2D eigenvalue weighted by molar-refractivity contribution is 0.268. The highest BCUT2D eigenvalue weighted by Gasteiger charge is 2.29. The Hall–Kier alpha value is -2.40. The van der Waals surface area contributed by atoms with E-state index < -0.39 is 0 Å². The van der Waals surface area contributed by atoms with Crippen LogP contribution in [-0.2, 0) is 12.8 Å². The monoisotopic (exact) mass is 510 g/mol. The topological polar surface area (TPSA) is 44.7 Å². The molecule has 3 aromatic rings. The Morgan fingerprint density at radius 2 is 1.86 bits per heavy atom. The first-order valence-electron chi connectivity index (χ1n) is 12.6. The Morgan fingerprint density at radius 3 is 2.63 bits per heavy atom. The standard InChI is InChI=1S/C29H32Cl2N2O2/c30-22-6-11-28(27(31)19-22)33-15-12-21-18-24(34)7-10-26(21)29(33)17-20-4-8-25(9-5-20)35-16-13-23-3-1-2-14-32-23/h4-11,18-19,23,29,32,34H,1-3,12-17H2. The molecule has 0 bridgehead atoms. The molecular weight excluding hydrogens is 479 g/mol. The minimum absolute atomic E-state index is 0.0992. The van der Waals surface area contributed by atoms with Gasteiger partial charge in [0.2, 0.25) is 0 Å². The second-order valence-corrected chi connectivity index (χ2v) is 10.4. The Kier molecular flexibility index (Phi) is 7.72. The maximum atomic E-state index is 10.0. The predicted molar refractivity (Wildman–Crippen MR) is 144 cm³/mol. The number of nitrogens with zero attached hydrogens (tertiary/aromatic N) is 1. The third-order valence-electron chi connectivity index (χ3n) is 7.20. The second-order valence-electron chi connectivity index (χ2n) is 9.57. The fraction of sp³-hybridized carbons (Fsp3) is 0.379. The molecule has 6 heteroatoms. The van der Waals surface area contributed by atoms with Gasteiger partial charge in [-0.15, -0.1) is 0 Å². The molecule has 2 N–H and O–H groups in total. The van der Waals surface area contributed by atoms with Gasteiger partial charge in [-0.2, -0.15) is 0 Å². The van der Waals surface area contributed by atoms with Crippen molar-refractivity contribution < 1.29 is 9.84 Å². The molecule has 0 saturated carbocycles. The summed E-state index contributed by atoms with van der Waals surface area (Å²) >= 11 is 12.8. The molecule has 0 amide bonds. The molecule has 35 heavy (non-hydrogen) atoms. The Balaban J connectivity index is 1.32. The van der Waals surface area contributed by atoms with Crippen molar-refractivity contribution in [3.8, 4) is 11.5 Å². The molecule has 2 unspecified atom stereocenters. The van der Waals surface area contributed by atoms with Crippen molar-refractivity contribution in [3.63, 3.8) is 0 Å². The van der Waals surface area contributed by atoms with Gasteiger partial charge in [0.05, 0.1) is 23.4 Å². The number of hydrogen-bond donors (Lipinski definition) is 2. The van der Waals surface area contributed by atoms with E-state index in [-0.39, 0.29) is 6.04 Å². The molecule has 0 aromatic heterocycles. The molecule has 2 aliphatic heterocycles. The summed E-state index contributed by atoms with van der Waals surface area (Å²) in [4.78, 5) is 2.36. The number of benzene rings is 3. The van der Waals surface area contributed by atoms with Crippen LogP contribution in [0.3, 0.4) is 0 Å². The largest absolute Gasteiger partial charge is 0.508 e. The molecule has 2 aliphatic rings. The first-order chi connectivity index (χ1) is 17.1. The fourth-order valence-corrected chi connectivity index (χ4v) is 5.87. The Labute approximate surface area is 217 Å². The lowest BCUT2D eigenvalue weighted by Crippen LogP contribution is -2.37. The molecule has 4 nitrogen and oxygen atoms in total. The molecule has 1 fully saturated rings. The van der Waals surface area contributed by atoms with Gasteiger partial charge < -0.3 is 20.1 Å². The normalized spacial score (nSPS) is 19.9. The summed E-state index contributed by atoms with van der Waals surface area (Å²) in [6, 6.07) is 20.5. The van der Waals surface area contributed by atoms with Crippen LogP contribution in [0, 0.1) is 0 Å². The summed E-state index contributed by atoms with van der Waals surface area (Å²) in [6.07, 6.45) is 6.56. The third kappa shape index (κ3) is 5.88. The number of rotatable bonds is 7. The summed E-state index contributed by atoms with van der Waals surface area (Å²) in [5.41, 5.74) is 4.62. The SMILES string of the molecule is Oc1ccc2c(c1)CCN(c1ccc(Cl)cc1Cl)C2Cc1ccc(OCCC2CCCCN2)cc1. The van der Waals surface area contributed by atoms with Gasteiger partial charge in [-0.25, -0.2) is 0 Å². The summed E-state index contributed by atoms with van der Waals surface area (Å²) in [7, 11) is 0. The molecule has 2 atom stereocenters. The average molecular weight is 511 g/mol. The number of phenols is 1. The number of hydrogen-bond acceptors (Lipinski definition) is 4. The lowest BCUT2D eigenvalue weighted by atomic mass is 9.88. The van der Waals surface area contributed by atoms with Crippen LogP contribution in [0.4, 0.5) is 5.69 Å². The van der Waals surface area contributed by atoms with Crippen molar-refractivity contribution in [1.29, 1.82) is 0 Å². The minimum Gasteiger partial charge on any atom is -0.508 e. The predicted octanol–water partition coefficient (Wildman–Crippen LogP) is 6.96. The average Bonchev–Trinajstić information content (AvgIpc) is 2.86. The van der Waals surface area contributed by atoms with E-state index in [4.69, 9.17) is 27.9 Å². The van der Waals surface area contributed by atoms with Crippen molar-refractivity contribution in [2.75, 3.05) is 24.6 Å². The number of nitrogens with one attached hydrogen (secondary N) is 1. The highest BCUT2D eigenvalue weighted by molar-refractivity contribution is 6.36. The van der Waals surface area contributed by atoms with Crippen LogP contribution >= 0.6 is 23.2 Å². The summed E-state index contributed by atoms with van der Waals surface area (Å²) in [5.74, 6) is 1.22. The summed E-state index contributed by atoms with van der Waals surface area (Å²) in [6.45, 7) is 2.68. The van der Waals surface area contributed by atoms with Gasteiger partial charge >= 0.3 is 0 Å². The van der Waals surface area contributed by atoms with Gasteiger partial charge in [-0.05, 0) is 97.8 Å². The summed E-state index contributed by atoms with van der Waals surface area (Å²) < 4.78 is 6.03. The molecule has 1 saturated heterocycles. The van der Waals surface area contributed by atoms with Crippen molar-refractivity contribution >= 4 is 28.9 Å². The molecule has 5 rings (SSSR count). The van der Waals surface area contributed by atoms with Crippen LogP contribution in [0.2, 0.25) is 10.0 Å². The van der Waals surface area contributed by atoms with Crippen molar-refractivity contribution in [2.45, 2.75) is 50.6 Å². The minimum atomic E-state index is 0.0992. The molecule has 184 valence electrons. The molecule has 0 radical (unpaired) electrons. The molecule has 2 heterocycles. The summed E-state index contributed by atoms with van der Waals surface area (Å²) in [5, 5.41) is 14.9. The van der Waals surface area contributed by atoms with Gasteiger partial charge in [0.1, 0.15) is 11.5 Å². The van der Waals surface area contributed by atoms with Crippen LogP contribution in [0.15, 0.2) is 60.7 Å². The molecule has 3 aromatic carbocycles. The molecule has 0 aliphatic carbocycles. The van der Waals surface area contributed by atoms with Crippen LogP contribution in [0.1, 0.15) is 48.4 Å². The number of halogens is 2. The second kappa shape index (κ2) is 11.1. The Morgan fingerprint density at radius 1 is 1.00 bits per heavy atom. The van der Waals surface area contributed by atoms with Gasteiger partial charge in [0.15, 0.2) is 0 Å². The number of piperidine rings is 1. The number of fused-ring (bicyclic) bond motifs is 1. The maximum Gasteiger partial charge on any atom is 0.119 e. The van der Waals surface area contributed by atoms with Crippen LogP contribution in [0.5, 0.6) is 11.5 Å². The van der Waals surface area contributed by atoms with E-state index in [9.17, 15) is 5.11 Å². The maximum absolute atomic E-state index is 10.0. The van der Waals surface area contributed by atoms with Gasteiger partial charge in [0, 0.05) is 17.6 Å². The quantitative estimate of drug-likeness (QED) is 0.360. The zero-order chi connectivity index (χ0) is 24.2. The zero-order valence-corrected chi connectivity index (χ0v) is 21.4. The lowest BCUT2D eigenvalue weighted by Gasteiger charge is -2.40. The first-order valence-corrected chi connectivity index (χ1v) is 13.3. The van der Waals surface area contributed by atoms with Gasteiger partial charge in [-0.3, -0.25) is 0 Å². The van der Waals surface area contributed by atoms with E-state index in [0.29, 0.717) is 21.8 Å². The van der Waals surface area contributed by atoms with Crippen LogP contribution < -0.4 is 15.0 Å². The number of anilines is 1. The van der Waals surface area contributed by atoms with Gasteiger partial charge in [-0.1, -0.05) is 47.8 Å². The number of aromatic hydroxyl groups is 1. The van der Waals surface area contributed by atoms with Crippen molar-refractivity contribution in [2.24, 2.45) is 0 Å². The van der Waals surface area contributed by atoms with E-state index >= 15 is 0 Å².